The molecule has 1 aromatic heterocycles. The van der Waals surface area contributed by atoms with Crippen LogP contribution in [0.2, 0.25) is 0 Å². The molecule has 30 heavy (non-hydrogen) atoms. The van der Waals surface area contributed by atoms with Crippen molar-refractivity contribution in [3.05, 3.63) is 101 Å². The van der Waals surface area contributed by atoms with Crippen LogP contribution < -0.4 is 4.74 Å². The highest BCUT2D eigenvalue weighted by Gasteiger charge is 2.28. The molecule has 0 spiro atoms. The number of hydrogen-bond donors (Lipinski definition) is 1. The SMILES string of the molecule is CCN(C(=O)c1cccc(OC)c1)[C@H](c1ccc(C)cc1)c1c[nH]c2ccccc12. The number of rotatable bonds is 6. The number of hydrogen-bond acceptors (Lipinski definition) is 2. The summed E-state index contributed by atoms with van der Waals surface area (Å²) in [6.45, 7) is 4.67. The molecule has 0 saturated heterocycles. The van der Waals surface area contributed by atoms with Crippen LogP contribution in [0.5, 0.6) is 5.75 Å². The minimum atomic E-state index is -0.203. The molecule has 0 bridgehead atoms. The summed E-state index contributed by atoms with van der Waals surface area (Å²) in [5, 5.41) is 1.12. The highest BCUT2D eigenvalue weighted by Crippen LogP contribution is 2.35. The number of fused-ring (bicyclic) bond motifs is 1. The van der Waals surface area contributed by atoms with Crippen LogP contribution in [0, 0.1) is 6.92 Å². The number of H-pyrrole nitrogens is 1. The Kier molecular flexibility index (Phi) is 5.57. The van der Waals surface area contributed by atoms with E-state index >= 15 is 0 Å². The van der Waals surface area contributed by atoms with Crippen molar-refractivity contribution >= 4 is 16.8 Å². The van der Waals surface area contributed by atoms with Crippen molar-refractivity contribution in [3.8, 4) is 5.75 Å². The summed E-state index contributed by atoms with van der Waals surface area (Å²) >= 11 is 0. The number of para-hydroxylation sites is 1. The van der Waals surface area contributed by atoms with Crippen LogP contribution in [0.4, 0.5) is 0 Å². The maximum atomic E-state index is 13.6. The van der Waals surface area contributed by atoms with Crippen LogP contribution >= 0.6 is 0 Å². The average molecular weight is 399 g/mol. The van der Waals surface area contributed by atoms with E-state index in [0.717, 1.165) is 22.0 Å². The number of aromatic nitrogens is 1. The molecule has 0 fully saturated rings. The molecule has 0 aliphatic rings. The van der Waals surface area contributed by atoms with Gasteiger partial charge in [0.25, 0.3) is 5.91 Å². The molecule has 0 saturated carbocycles. The lowest BCUT2D eigenvalue weighted by atomic mass is 9.95. The van der Waals surface area contributed by atoms with Crippen LogP contribution in [0.15, 0.2) is 79.0 Å². The van der Waals surface area contributed by atoms with Gasteiger partial charge in [0, 0.05) is 34.8 Å². The standard InChI is InChI=1S/C26H26N2O2/c1-4-28(26(29)20-8-7-9-21(16-20)30-3)25(19-14-12-18(2)13-15-19)23-17-27-24-11-6-5-10-22(23)24/h5-17,25,27H,4H2,1-3H3/t25-/m1/s1. The minimum Gasteiger partial charge on any atom is -0.497 e. The maximum absolute atomic E-state index is 13.6. The molecule has 1 heterocycles. The topological polar surface area (TPSA) is 45.3 Å². The Morgan fingerprint density at radius 1 is 1.03 bits per heavy atom. The molecule has 4 aromatic rings. The van der Waals surface area contributed by atoms with E-state index in [1.807, 2.05) is 48.4 Å². The van der Waals surface area contributed by atoms with Gasteiger partial charge in [0.1, 0.15) is 5.75 Å². The van der Waals surface area contributed by atoms with Crippen LogP contribution in [0.3, 0.4) is 0 Å². The molecule has 0 aliphatic heterocycles. The molecule has 1 atom stereocenters. The molecule has 152 valence electrons. The molecule has 1 amide bonds. The molecule has 4 heteroatoms. The van der Waals surface area contributed by atoms with E-state index in [9.17, 15) is 4.79 Å². The van der Waals surface area contributed by atoms with Gasteiger partial charge in [-0.2, -0.15) is 0 Å². The summed E-state index contributed by atoms with van der Waals surface area (Å²) in [7, 11) is 1.61. The number of benzene rings is 3. The van der Waals surface area contributed by atoms with E-state index in [1.165, 1.54) is 5.56 Å². The predicted molar refractivity (Wildman–Crippen MR) is 121 cm³/mol. The number of aromatic amines is 1. The van der Waals surface area contributed by atoms with Gasteiger partial charge in [-0.3, -0.25) is 4.79 Å². The molecule has 1 N–H and O–H groups in total. The molecule has 4 nitrogen and oxygen atoms in total. The number of carbonyl (C=O) groups is 1. The molecule has 0 unspecified atom stereocenters. The first kappa shape index (κ1) is 19.8. The zero-order valence-electron chi connectivity index (χ0n) is 17.6. The third kappa shape index (κ3) is 3.69. The van der Waals surface area contributed by atoms with Gasteiger partial charge in [-0.25, -0.2) is 0 Å². The van der Waals surface area contributed by atoms with Crippen molar-refractivity contribution in [1.82, 2.24) is 9.88 Å². The van der Waals surface area contributed by atoms with Crippen molar-refractivity contribution in [2.45, 2.75) is 19.9 Å². The molecule has 3 aromatic carbocycles. The second-order valence-electron chi connectivity index (χ2n) is 7.43. The van der Waals surface area contributed by atoms with Gasteiger partial charge in [-0.1, -0.05) is 54.1 Å². The number of aryl methyl sites for hydroxylation is 1. The second-order valence-corrected chi connectivity index (χ2v) is 7.43. The number of nitrogens with one attached hydrogen (secondary N) is 1. The van der Waals surface area contributed by atoms with Crippen LogP contribution in [0.25, 0.3) is 10.9 Å². The van der Waals surface area contributed by atoms with Crippen molar-refractivity contribution < 1.29 is 9.53 Å². The van der Waals surface area contributed by atoms with Gasteiger partial charge in [-0.05, 0) is 43.7 Å². The van der Waals surface area contributed by atoms with Crippen molar-refractivity contribution in [3.63, 3.8) is 0 Å². The largest absolute Gasteiger partial charge is 0.497 e. The summed E-state index contributed by atoms with van der Waals surface area (Å²) < 4.78 is 5.33. The minimum absolute atomic E-state index is 0.0211. The zero-order chi connectivity index (χ0) is 21.1. The van der Waals surface area contributed by atoms with E-state index in [4.69, 9.17) is 4.74 Å². The first-order valence-corrected chi connectivity index (χ1v) is 10.2. The van der Waals surface area contributed by atoms with Crippen LogP contribution in [-0.4, -0.2) is 29.4 Å². The van der Waals surface area contributed by atoms with Gasteiger partial charge < -0.3 is 14.6 Å². The van der Waals surface area contributed by atoms with Crippen LogP contribution in [-0.2, 0) is 0 Å². The van der Waals surface area contributed by atoms with E-state index in [0.29, 0.717) is 17.9 Å². The number of ether oxygens (including phenoxy) is 1. The number of carbonyl (C=O) groups excluding carboxylic acids is 1. The summed E-state index contributed by atoms with van der Waals surface area (Å²) in [4.78, 5) is 18.9. The first-order valence-electron chi connectivity index (χ1n) is 10.2. The van der Waals surface area contributed by atoms with E-state index in [2.05, 4.69) is 48.3 Å². The third-order valence-electron chi connectivity index (χ3n) is 5.54. The van der Waals surface area contributed by atoms with Gasteiger partial charge in [0.2, 0.25) is 0 Å². The second kappa shape index (κ2) is 8.46. The Balaban J connectivity index is 1.85. The third-order valence-corrected chi connectivity index (χ3v) is 5.54. The molecule has 0 radical (unpaired) electrons. The Labute approximate surface area is 177 Å². The number of amides is 1. The summed E-state index contributed by atoms with van der Waals surface area (Å²) in [5.41, 5.74) is 5.05. The number of methoxy groups -OCH3 is 1. The van der Waals surface area contributed by atoms with Gasteiger partial charge >= 0.3 is 0 Å². The van der Waals surface area contributed by atoms with E-state index < -0.39 is 0 Å². The van der Waals surface area contributed by atoms with Crippen molar-refractivity contribution in [2.24, 2.45) is 0 Å². The van der Waals surface area contributed by atoms with Crippen LogP contribution in [0.1, 0.15) is 40.0 Å². The molecular formula is C26H26N2O2. The Hall–Kier alpha value is -3.53. The predicted octanol–water partition coefficient (Wildman–Crippen LogP) is 5.74. The highest BCUT2D eigenvalue weighted by atomic mass is 16.5. The summed E-state index contributed by atoms with van der Waals surface area (Å²) in [5.74, 6) is 0.656. The lowest BCUT2D eigenvalue weighted by Crippen LogP contribution is -2.35. The monoisotopic (exact) mass is 398 g/mol. The highest BCUT2D eigenvalue weighted by molar-refractivity contribution is 5.96. The quantitative estimate of drug-likeness (QED) is 0.450. The molecular weight excluding hydrogens is 372 g/mol. The average Bonchev–Trinajstić information content (AvgIpc) is 3.21. The Morgan fingerprint density at radius 2 is 1.80 bits per heavy atom. The summed E-state index contributed by atoms with van der Waals surface area (Å²) in [6.07, 6.45) is 2.02. The van der Waals surface area contributed by atoms with Gasteiger partial charge in [0.05, 0.1) is 13.2 Å². The fourth-order valence-corrected chi connectivity index (χ4v) is 3.96. The number of nitrogens with zero attached hydrogens (tertiary/aromatic N) is 1. The molecule has 0 aliphatic carbocycles. The van der Waals surface area contributed by atoms with Crippen molar-refractivity contribution in [2.75, 3.05) is 13.7 Å². The Morgan fingerprint density at radius 3 is 2.53 bits per heavy atom. The smallest absolute Gasteiger partial charge is 0.254 e. The zero-order valence-corrected chi connectivity index (χ0v) is 17.6. The lowest BCUT2D eigenvalue weighted by molar-refractivity contribution is 0.0717. The molecule has 4 rings (SSSR count). The van der Waals surface area contributed by atoms with Gasteiger partial charge in [-0.15, -0.1) is 0 Å². The summed E-state index contributed by atoms with van der Waals surface area (Å²) in [6, 6.07) is 23.8. The fourth-order valence-electron chi connectivity index (χ4n) is 3.96. The normalized spacial score (nSPS) is 12.0. The van der Waals surface area contributed by atoms with Gasteiger partial charge in [0.15, 0.2) is 0 Å². The lowest BCUT2D eigenvalue weighted by Gasteiger charge is -2.32. The fraction of sp³-hybridized carbons (Fsp3) is 0.192. The van der Waals surface area contributed by atoms with Crippen molar-refractivity contribution in [1.29, 1.82) is 0 Å². The van der Waals surface area contributed by atoms with E-state index in [1.54, 1.807) is 13.2 Å². The maximum Gasteiger partial charge on any atom is 0.254 e. The Bertz CT molecular complexity index is 1160. The first-order chi connectivity index (χ1) is 14.6. The van der Waals surface area contributed by atoms with E-state index in [-0.39, 0.29) is 11.9 Å².